The summed E-state index contributed by atoms with van der Waals surface area (Å²) in [6.45, 7) is 3.86. The molecular formula is C10H11N3O3S. The van der Waals surface area contributed by atoms with Crippen molar-refractivity contribution in [2.75, 3.05) is 12.3 Å². The SMILES string of the molecule is CCOC(=O)c1noc(-c2scc(C)c2N)n1. The van der Waals surface area contributed by atoms with Crippen LogP contribution >= 0.6 is 11.3 Å². The minimum Gasteiger partial charge on any atom is -0.460 e. The molecule has 0 saturated heterocycles. The number of rotatable bonds is 3. The fourth-order valence-corrected chi connectivity index (χ4v) is 2.11. The van der Waals surface area contributed by atoms with E-state index in [-0.39, 0.29) is 18.3 Å². The quantitative estimate of drug-likeness (QED) is 0.839. The lowest BCUT2D eigenvalue weighted by Crippen LogP contribution is -2.06. The summed E-state index contributed by atoms with van der Waals surface area (Å²) in [5.41, 5.74) is 7.38. The molecule has 0 saturated carbocycles. The maximum Gasteiger partial charge on any atom is 0.379 e. The molecule has 6 nitrogen and oxygen atoms in total. The molecule has 90 valence electrons. The number of hydrogen-bond acceptors (Lipinski definition) is 7. The molecule has 0 bridgehead atoms. The number of nitrogens with zero attached hydrogens (tertiary/aromatic N) is 2. The van der Waals surface area contributed by atoms with Gasteiger partial charge in [-0.05, 0) is 29.9 Å². The van der Waals surface area contributed by atoms with Crippen LogP contribution in [0, 0.1) is 6.92 Å². The van der Waals surface area contributed by atoms with Gasteiger partial charge in [-0.1, -0.05) is 0 Å². The zero-order valence-electron chi connectivity index (χ0n) is 9.39. The fourth-order valence-electron chi connectivity index (χ4n) is 1.21. The molecule has 0 atom stereocenters. The van der Waals surface area contributed by atoms with Crippen molar-refractivity contribution in [2.24, 2.45) is 0 Å². The van der Waals surface area contributed by atoms with Crippen LogP contribution in [0.2, 0.25) is 0 Å². The van der Waals surface area contributed by atoms with E-state index in [9.17, 15) is 4.79 Å². The molecule has 0 fully saturated rings. The number of nitrogen functional groups attached to an aromatic ring is 1. The monoisotopic (exact) mass is 253 g/mol. The first kappa shape index (κ1) is 11.6. The summed E-state index contributed by atoms with van der Waals surface area (Å²) in [4.78, 5) is 16.0. The second kappa shape index (κ2) is 4.54. The minimum absolute atomic E-state index is 0.0905. The zero-order valence-corrected chi connectivity index (χ0v) is 10.2. The highest BCUT2D eigenvalue weighted by Crippen LogP contribution is 2.33. The highest BCUT2D eigenvalue weighted by atomic mass is 32.1. The molecule has 0 unspecified atom stereocenters. The van der Waals surface area contributed by atoms with Crippen LogP contribution in [-0.2, 0) is 4.74 Å². The van der Waals surface area contributed by atoms with E-state index in [4.69, 9.17) is 15.0 Å². The topological polar surface area (TPSA) is 91.2 Å². The minimum atomic E-state index is -0.602. The van der Waals surface area contributed by atoms with Gasteiger partial charge in [0.15, 0.2) is 0 Å². The molecule has 2 N–H and O–H groups in total. The van der Waals surface area contributed by atoms with Crippen molar-refractivity contribution in [3.8, 4) is 10.8 Å². The Morgan fingerprint density at radius 2 is 2.41 bits per heavy atom. The Balaban J connectivity index is 2.30. The molecule has 2 heterocycles. The first-order valence-electron chi connectivity index (χ1n) is 4.98. The van der Waals surface area contributed by atoms with E-state index < -0.39 is 5.97 Å². The summed E-state index contributed by atoms with van der Waals surface area (Å²) in [7, 11) is 0. The van der Waals surface area contributed by atoms with E-state index >= 15 is 0 Å². The molecule has 2 aromatic heterocycles. The van der Waals surface area contributed by atoms with Gasteiger partial charge in [-0.25, -0.2) is 4.79 Å². The molecule has 7 heteroatoms. The number of aromatic nitrogens is 2. The molecule has 0 aliphatic carbocycles. The van der Waals surface area contributed by atoms with Gasteiger partial charge in [0.25, 0.3) is 11.7 Å². The maximum absolute atomic E-state index is 11.3. The molecular weight excluding hydrogens is 242 g/mol. The Morgan fingerprint density at radius 1 is 1.65 bits per heavy atom. The molecule has 0 radical (unpaired) electrons. The lowest BCUT2D eigenvalue weighted by molar-refractivity contribution is 0.0508. The van der Waals surface area contributed by atoms with Gasteiger partial charge >= 0.3 is 5.97 Å². The molecule has 0 aliphatic heterocycles. The van der Waals surface area contributed by atoms with Gasteiger partial charge in [-0.15, -0.1) is 11.3 Å². The molecule has 0 aliphatic rings. The largest absolute Gasteiger partial charge is 0.460 e. The first-order valence-corrected chi connectivity index (χ1v) is 5.86. The predicted octanol–water partition coefficient (Wildman–Crippen LogP) is 1.87. The lowest BCUT2D eigenvalue weighted by Gasteiger charge is -1.94. The van der Waals surface area contributed by atoms with E-state index in [1.165, 1.54) is 11.3 Å². The van der Waals surface area contributed by atoms with E-state index in [0.717, 1.165) is 5.56 Å². The van der Waals surface area contributed by atoms with E-state index in [2.05, 4.69) is 10.1 Å². The third kappa shape index (κ3) is 2.14. The summed E-state index contributed by atoms with van der Waals surface area (Å²) < 4.78 is 9.74. The summed E-state index contributed by atoms with van der Waals surface area (Å²) in [6, 6.07) is 0. The molecule has 0 spiro atoms. The van der Waals surface area contributed by atoms with E-state index in [1.807, 2.05) is 12.3 Å². The van der Waals surface area contributed by atoms with Gasteiger partial charge in [0, 0.05) is 0 Å². The Hall–Kier alpha value is -1.89. The van der Waals surface area contributed by atoms with Crippen molar-refractivity contribution in [3.63, 3.8) is 0 Å². The fraction of sp³-hybridized carbons (Fsp3) is 0.300. The van der Waals surface area contributed by atoms with Gasteiger partial charge in [-0.2, -0.15) is 4.98 Å². The van der Waals surface area contributed by atoms with Gasteiger partial charge in [-0.3, -0.25) is 0 Å². The van der Waals surface area contributed by atoms with Crippen molar-refractivity contribution in [3.05, 3.63) is 16.8 Å². The Labute approximate surface area is 101 Å². The standard InChI is InChI=1S/C10H11N3O3S/c1-3-15-10(14)8-12-9(16-13-8)7-6(11)5(2)4-17-7/h4H,3,11H2,1-2H3. The van der Waals surface area contributed by atoms with Crippen molar-refractivity contribution in [2.45, 2.75) is 13.8 Å². The summed E-state index contributed by atoms with van der Waals surface area (Å²) in [5, 5.41) is 5.44. The van der Waals surface area contributed by atoms with Crippen LogP contribution in [0.1, 0.15) is 23.1 Å². The Kier molecular flexibility index (Phi) is 3.10. The van der Waals surface area contributed by atoms with Gasteiger partial charge < -0.3 is 15.0 Å². The van der Waals surface area contributed by atoms with E-state index in [0.29, 0.717) is 10.6 Å². The average molecular weight is 253 g/mol. The number of carbonyl (C=O) groups is 1. The number of ether oxygens (including phenoxy) is 1. The number of thiophene rings is 1. The molecule has 0 amide bonds. The first-order chi connectivity index (χ1) is 8.13. The van der Waals surface area contributed by atoms with Crippen LogP contribution in [-0.4, -0.2) is 22.7 Å². The van der Waals surface area contributed by atoms with Crippen LogP contribution in [0.5, 0.6) is 0 Å². The number of aryl methyl sites for hydroxylation is 1. The van der Waals surface area contributed by atoms with Crippen LogP contribution in [0.25, 0.3) is 10.8 Å². The van der Waals surface area contributed by atoms with Crippen molar-refractivity contribution >= 4 is 23.0 Å². The van der Waals surface area contributed by atoms with Gasteiger partial charge in [0.05, 0.1) is 12.3 Å². The normalized spacial score (nSPS) is 10.5. The predicted molar refractivity (Wildman–Crippen MR) is 62.7 cm³/mol. The smallest absolute Gasteiger partial charge is 0.379 e. The van der Waals surface area contributed by atoms with Crippen LogP contribution in [0.15, 0.2) is 9.90 Å². The van der Waals surface area contributed by atoms with E-state index in [1.54, 1.807) is 6.92 Å². The Bertz CT molecular complexity index is 547. The highest BCUT2D eigenvalue weighted by molar-refractivity contribution is 7.14. The van der Waals surface area contributed by atoms with Crippen LogP contribution < -0.4 is 5.73 Å². The Morgan fingerprint density at radius 3 is 3.00 bits per heavy atom. The summed E-state index contributed by atoms with van der Waals surface area (Å²) in [5.74, 6) is -0.453. The zero-order chi connectivity index (χ0) is 12.4. The molecule has 2 aromatic rings. The number of esters is 1. The summed E-state index contributed by atoms with van der Waals surface area (Å²) >= 11 is 1.39. The number of carbonyl (C=O) groups excluding carboxylic acids is 1. The molecule has 0 aromatic carbocycles. The average Bonchev–Trinajstić information content (AvgIpc) is 2.88. The second-order valence-electron chi connectivity index (χ2n) is 3.31. The second-order valence-corrected chi connectivity index (χ2v) is 4.18. The number of anilines is 1. The molecule has 17 heavy (non-hydrogen) atoms. The summed E-state index contributed by atoms with van der Waals surface area (Å²) in [6.07, 6.45) is 0. The number of nitrogens with two attached hydrogens (primary N) is 1. The molecule has 2 rings (SSSR count). The van der Waals surface area contributed by atoms with Crippen molar-refractivity contribution in [1.82, 2.24) is 10.1 Å². The van der Waals surface area contributed by atoms with Gasteiger partial charge in [0.2, 0.25) is 0 Å². The highest BCUT2D eigenvalue weighted by Gasteiger charge is 2.19. The van der Waals surface area contributed by atoms with Gasteiger partial charge in [0.1, 0.15) is 4.88 Å². The third-order valence-corrected chi connectivity index (χ3v) is 3.20. The van der Waals surface area contributed by atoms with Crippen molar-refractivity contribution < 1.29 is 14.1 Å². The van der Waals surface area contributed by atoms with Crippen molar-refractivity contribution in [1.29, 1.82) is 0 Å². The third-order valence-electron chi connectivity index (χ3n) is 2.10. The maximum atomic E-state index is 11.3. The number of hydrogen-bond donors (Lipinski definition) is 1. The van der Waals surface area contributed by atoms with Crippen LogP contribution in [0.3, 0.4) is 0 Å². The lowest BCUT2D eigenvalue weighted by atomic mass is 10.3. The van der Waals surface area contributed by atoms with Crippen LogP contribution in [0.4, 0.5) is 5.69 Å².